The van der Waals surface area contributed by atoms with Crippen molar-refractivity contribution in [2.75, 3.05) is 18.0 Å². The fourth-order valence-electron chi connectivity index (χ4n) is 5.15. The lowest BCUT2D eigenvalue weighted by atomic mass is 9.93. The Morgan fingerprint density at radius 3 is 2.29 bits per heavy atom. The van der Waals surface area contributed by atoms with Gasteiger partial charge in [-0.2, -0.15) is 0 Å². The Hall–Kier alpha value is -1.27. The third-order valence-electron chi connectivity index (χ3n) is 6.61. The molecule has 3 heterocycles. The van der Waals surface area contributed by atoms with E-state index in [0.29, 0.717) is 6.04 Å². The van der Waals surface area contributed by atoms with Gasteiger partial charge in [-0.05, 0) is 47.7 Å². The lowest BCUT2D eigenvalue weighted by Crippen LogP contribution is -2.50. The van der Waals surface area contributed by atoms with Gasteiger partial charge in [-0.1, -0.05) is 32.1 Å². The fraction of sp³-hybridized carbons (Fsp3) is 0.682. The lowest BCUT2D eigenvalue weighted by molar-refractivity contribution is -0.126. The predicted molar refractivity (Wildman–Crippen MR) is 113 cm³/mol. The number of halogens is 1. The van der Waals surface area contributed by atoms with Crippen molar-refractivity contribution in [3.8, 4) is 0 Å². The van der Waals surface area contributed by atoms with E-state index in [4.69, 9.17) is 0 Å². The molecular formula is C22H30BrN3O2. The zero-order valence-electron chi connectivity index (χ0n) is 16.5. The smallest absolute Gasteiger partial charge is 0.234 e. The molecule has 1 amide bonds. The maximum Gasteiger partial charge on any atom is 0.234 e. The van der Waals surface area contributed by atoms with Gasteiger partial charge in [0.15, 0.2) is 0 Å². The number of nitrogens with zero attached hydrogens (tertiary/aromatic N) is 3. The van der Waals surface area contributed by atoms with Gasteiger partial charge in [0.25, 0.3) is 0 Å². The molecule has 1 saturated carbocycles. The minimum Gasteiger partial charge on any atom is -0.307 e. The Labute approximate surface area is 176 Å². The van der Waals surface area contributed by atoms with Crippen LogP contribution < -0.4 is 4.90 Å². The van der Waals surface area contributed by atoms with Crippen LogP contribution in [0.4, 0.5) is 5.69 Å². The van der Waals surface area contributed by atoms with Crippen LogP contribution in [0.2, 0.25) is 0 Å². The van der Waals surface area contributed by atoms with Crippen LogP contribution in [0, 0.1) is 0 Å². The number of anilines is 1. The molecule has 0 radical (unpaired) electrons. The largest absolute Gasteiger partial charge is 0.307 e. The van der Waals surface area contributed by atoms with Gasteiger partial charge in [0.05, 0.1) is 24.2 Å². The first kappa shape index (κ1) is 20.0. The predicted octanol–water partition coefficient (Wildman–Crippen LogP) is 4.27. The van der Waals surface area contributed by atoms with Crippen LogP contribution in [0.1, 0.15) is 69.9 Å². The van der Waals surface area contributed by atoms with E-state index in [2.05, 4.69) is 25.8 Å². The summed E-state index contributed by atoms with van der Waals surface area (Å²) in [6, 6.07) is 2.84. The third kappa shape index (κ3) is 4.48. The Morgan fingerprint density at radius 2 is 1.57 bits per heavy atom. The second kappa shape index (κ2) is 9.04. The molecule has 0 aromatic carbocycles. The summed E-state index contributed by atoms with van der Waals surface area (Å²) in [5.74, 6) is -0.0939. The summed E-state index contributed by atoms with van der Waals surface area (Å²) in [4.78, 5) is 34.1. The molecule has 1 aliphatic carbocycles. The molecule has 0 bridgehead atoms. The highest BCUT2D eigenvalue weighted by atomic mass is 79.9. The minimum atomic E-state index is -0.0620. The number of ketones is 1. The second-order valence-corrected chi connectivity index (χ2v) is 9.46. The quantitative estimate of drug-likeness (QED) is 0.635. The van der Waals surface area contributed by atoms with Crippen molar-refractivity contribution in [2.24, 2.45) is 0 Å². The van der Waals surface area contributed by atoms with E-state index in [0.717, 1.165) is 41.8 Å². The van der Waals surface area contributed by atoms with Crippen molar-refractivity contribution < 1.29 is 9.59 Å². The van der Waals surface area contributed by atoms with Crippen molar-refractivity contribution in [1.29, 1.82) is 0 Å². The van der Waals surface area contributed by atoms with Gasteiger partial charge in [-0.15, -0.1) is 0 Å². The van der Waals surface area contributed by atoms with Gasteiger partial charge in [0, 0.05) is 35.8 Å². The summed E-state index contributed by atoms with van der Waals surface area (Å²) in [5.41, 5.74) is 1.57. The Morgan fingerprint density at radius 1 is 0.893 bits per heavy atom. The third-order valence-corrected chi connectivity index (χ3v) is 7.04. The van der Waals surface area contributed by atoms with Crippen LogP contribution in [-0.4, -0.2) is 46.7 Å². The molecule has 3 aliphatic rings. The van der Waals surface area contributed by atoms with Gasteiger partial charge in [-0.25, -0.2) is 0 Å². The SMILES string of the molecule is O=C1CC(=O)N(C2CCN(C3CCCCCCC3)CC2)c2cc(Br)cnc2C1. The second-order valence-electron chi connectivity index (χ2n) is 8.54. The first-order valence-corrected chi connectivity index (χ1v) is 11.6. The molecule has 2 aliphatic heterocycles. The number of aromatic nitrogens is 1. The molecule has 0 spiro atoms. The molecule has 0 unspecified atom stereocenters. The summed E-state index contributed by atoms with van der Waals surface area (Å²) in [7, 11) is 0. The Balaban J connectivity index is 1.48. The fourth-order valence-corrected chi connectivity index (χ4v) is 5.47. The van der Waals surface area contributed by atoms with E-state index in [1.165, 1.54) is 44.9 Å². The van der Waals surface area contributed by atoms with E-state index in [1.807, 2.05) is 11.0 Å². The number of piperidine rings is 1. The van der Waals surface area contributed by atoms with E-state index in [-0.39, 0.29) is 30.6 Å². The monoisotopic (exact) mass is 447 g/mol. The maximum absolute atomic E-state index is 12.9. The normalized spacial score (nSPS) is 23.8. The topological polar surface area (TPSA) is 53.5 Å². The number of carbonyl (C=O) groups is 2. The summed E-state index contributed by atoms with van der Waals surface area (Å²) < 4.78 is 0.852. The van der Waals surface area contributed by atoms with E-state index >= 15 is 0 Å². The number of hydrogen-bond acceptors (Lipinski definition) is 4. The number of likely N-dealkylation sites (tertiary alicyclic amines) is 1. The molecule has 0 atom stereocenters. The first-order chi connectivity index (χ1) is 13.6. The van der Waals surface area contributed by atoms with Gasteiger partial charge in [-0.3, -0.25) is 14.6 Å². The van der Waals surface area contributed by atoms with Crippen LogP contribution in [-0.2, 0) is 16.0 Å². The first-order valence-electron chi connectivity index (χ1n) is 10.8. The van der Waals surface area contributed by atoms with Crippen LogP contribution in [0.5, 0.6) is 0 Å². The van der Waals surface area contributed by atoms with Gasteiger partial charge < -0.3 is 9.80 Å². The van der Waals surface area contributed by atoms with Gasteiger partial charge in [0.2, 0.25) is 5.91 Å². The maximum atomic E-state index is 12.9. The molecule has 28 heavy (non-hydrogen) atoms. The number of carbonyl (C=O) groups excluding carboxylic acids is 2. The molecule has 152 valence electrons. The minimum absolute atomic E-state index is 0.00316. The summed E-state index contributed by atoms with van der Waals surface area (Å²) in [6.45, 7) is 2.09. The standard InChI is InChI=1S/C22H30BrN3O2/c23-16-12-21-20(24-15-16)13-19(27)14-22(28)26(21)18-8-10-25(11-9-18)17-6-4-2-1-3-5-7-17/h12,15,17-18H,1-11,13-14H2. The van der Waals surface area contributed by atoms with Crippen molar-refractivity contribution in [3.05, 3.63) is 22.4 Å². The van der Waals surface area contributed by atoms with Gasteiger partial charge >= 0.3 is 0 Å². The summed E-state index contributed by atoms with van der Waals surface area (Å²) >= 11 is 3.48. The van der Waals surface area contributed by atoms with Crippen molar-refractivity contribution in [2.45, 2.75) is 82.7 Å². The molecule has 6 heteroatoms. The zero-order valence-corrected chi connectivity index (χ0v) is 18.1. The van der Waals surface area contributed by atoms with Crippen molar-refractivity contribution in [1.82, 2.24) is 9.88 Å². The Bertz CT molecular complexity index is 722. The van der Waals surface area contributed by atoms with E-state index in [9.17, 15) is 9.59 Å². The van der Waals surface area contributed by atoms with Gasteiger partial charge in [0.1, 0.15) is 5.78 Å². The van der Waals surface area contributed by atoms with Crippen molar-refractivity contribution in [3.63, 3.8) is 0 Å². The number of hydrogen-bond donors (Lipinski definition) is 0. The molecule has 4 rings (SSSR count). The van der Waals surface area contributed by atoms with Crippen LogP contribution >= 0.6 is 15.9 Å². The molecule has 0 N–H and O–H groups in total. The summed E-state index contributed by atoms with van der Waals surface area (Å²) in [6.07, 6.45) is 13.4. The highest BCUT2D eigenvalue weighted by Gasteiger charge is 2.35. The van der Waals surface area contributed by atoms with E-state index in [1.54, 1.807) is 6.20 Å². The van der Waals surface area contributed by atoms with Crippen LogP contribution in [0.3, 0.4) is 0 Å². The highest BCUT2D eigenvalue weighted by molar-refractivity contribution is 9.10. The lowest BCUT2D eigenvalue weighted by Gasteiger charge is -2.42. The van der Waals surface area contributed by atoms with Crippen LogP contribution in [0.15, 0.2) is 16.7 Å². The average Bonchev–Trinajstić information content (AvgIpc) is 2.76. The number of rotatable bonds is 2. The Kier molecular flexibility index (Phi) is 6.46. The molecule has 1 aromatic heterocycles. The molecule has 1 saturated heterocycles. The molecular weight excluding hydrogens is 418 g/mol. The summed E-state index contributed by atoms with van der Waals surface area (Å²) in [5, 5.41) is 0. The zero-order chi connectivity index (χ0) is 19.5. The number of pyridine rings is 1. The van der Waals surface area contributed by atoms with E-state index < -0.39 is 0 Å². The number of amides is 1. The number of fused-ring (bicyclic) bond motifs is 1. The van der Waals surface area contributed by atoms with Crippen molar-refractivity contribution >= 4 is 33.3 Å². The molecule has 5 nitrogen and oxygen atoms in total. The van der Waals surface area contributed by atoms with Crippen LogP contribution in [0.25, 0.3) is 0 Å². The average molecular weight is 448 g/mol. The molecule has 2 fully saturated rings. The highest BCUT2D eigenvalue weighted by Crippen LogP contribution is 2.33. The number of Topliss-reactive ketones (excluding diaryl/α,β-unsaturated/α-hetero) is 1. The molecule has 1 aromatic rings.